The Kier molecular flexibility index (Phi) is 2.75. The second-order valence-electron chi connectivity index (χ2n) is 4.34. The molecule has 1 fully saturated rings. The van der Waals surface area contributed by atoms with Gasteiger partial charge in [0, 0.05) is 32.9 Å². The lowest BCUT2D eigenvalue weighted by Gasteiger charge is -2.35. The smallest absolute Gasteiger partial charge is 0.138 e. The monoisotopic (exact) mass is 211 g/mol. The van der Waals surface area contributed by atoms with Crippen molar-refractivity contribution >= 4 is 0 Å². The summed E-state index contributed by atoms with van der Waals surface area (Å²) in [5.41, 5.74) is -0.682. The fourth-order valence-corrected chi connectivity index (χ4v) is 2.08. The van der Waals surface area contributed by atoms with E-state index in [9.17, 15) is 5.11 Å². The standard InChI is InChI=1S/C10H17N3O2/c1-8-5-10(14,3-4-15-8)6-9-11-7-12-13(9)2/h7-8,14H,3-6H2,1-2H3. The summed E-state index contributed by atoms with van der Waals surface area (Å²) < 4.78 is 7.13. The Morgan fingerprint density at radius 2 is 2.53 bits per heavy atom. The lowest BCUT2D eigenvalue weighted by Crippen LogP contribution is -2.42. The minimum atomic E-state index is -0.682. The second-order valence-corrected chi connectivity index (χ2v) is 4.34. The number of aliphatic hydroxyl groups is 1. The molecule has 0 aromatic carbocycles. The number of aryl methyl sites for hydroxylation is 1. The van der Waals surface area contributed by atoms with Crippen LogP contribution in [0.4, 0.5) is 0 Å². The molecule has 15 heavy (non-hydrogen) atoms. The number of nitrogens with zero attached hydrogens (tertiary/aromatic N) is 3. The highest BCUT2D eigenvalue weighted by molar-refractivity contribution is 4.96. The van der Waals surface area contributed by atoms with E-state index in [0.717, 1.165) is 5.82 Å². The van der Waals surface area contributed by atoms with E-state index < -0.39 is 5.60 Å². The SMILES string of the molecule is CC1CC(O)(Cc2ncnn2C)CCO1. The van der Waals surface area contributed by atoms with E-state index >= 15 is 0 Å². The van der Waals surface area contributed by atoms with Crippen molar-refractivity contribution in [1.82, 2.24) is 14.8 Å². The first-order valence-corrected chi connectivity index (χ1v) is 5.26. The topological polar surface area (TPSA) is 60.2 Å². The Balaban J connectivity index is 2.07. The number of rotatable bonds is 2. The average molecular weight is 211 g/mol. The molecule has 0 radical (unpaired) electrons. The van der Waals surface area contributed by atoms with Gasteiger partial charge in [-0.15, -0.1) is 0 Å². The number of hydrogen-bond donors (Lipinski definition) is 1. The summed E-state index contributed by atoms with van der Waals surface area (Å²) in [5, 5.41) is 14.4. The van der Waals surface area contributed by atoms with Crippen LogP contribution in [-0.4, -0.2) is 38.2 Å². The second kappa shape index (κ2) is 3.90. The molecule has 1 N–H and O–H groups in total. The van der Waals surface area contributed by atoms with E-state index in [-0.39, 0.29) is 6.10 Å². The van der Waals surface area contributed by atoms with Gasteiger partial charge in [-0.25, -0.2) is 4.98 Å². The predicted molar refractivity (Wildman–Crippen MR) is 54.3 cm³/mol. The quantitative estimate of drug-likeness (QED) is 0.763. The van der Waals surface area contributed by atoms with Crippen LogP contribution in [0.15, 0.2) is 6.33 Å². The molecule has 1 aromatic heterocycles. The average Bonchev–Trinajstić information content (AvgIpc) is 2.50. The van der Waals surface area contributed by atoms with Crippen molar-refractivity contribution in [1.29, 1.82) is 0 Å². The highest BCUT2D eigenvalue weighted by Gasteiger charge is 2.34. The number of aromatic nitrogens is 3. The van der Waals surface area contributed by atoms with Gasteiger partial charge in [0.25, 0.3) is 0 Å². The van der Waals surface area contributed by atoms with Crippen LogP contribution in [0.3, 0.4) is 0 Å². The Labute approximate surface area is 89.1 Å². The highest BCUT2D eigenvalue weighted by atomic mass is 16.5. The maximum absolute atomic E-state index is 10.4. The maximum Gasteiger partial charge on any atom is 0.138 e. The van der Waals surface area contributed by atoms with E-state index in [2.05, 4.69) is 10.1 Å². The lowest BCUT2D eigenvalue weighted by atomic mass is 9.87. The number of ether oxygens (including phenoxy) is 1. The van der Waals surface area contributed by atoms with Crippen molar-refractivity contribution in [2.24, 2.45) is 7.05 Å². The van der Waals surface area contributed by atoms with Gasteiger partial charge in [0.1, 0.15) is 12.2 Å². The van der Waals surface area contributed by atoms with Gasteiger partial charge in [-0.1, -0.05) is 0 Å². The van der Waals surface area contributed by atoms with Crippen molar-refractivity contribution < 1.29 is 9.84 Å². The third-order valence-corrected chi connectivity index (χ3v) is 2.93. The van der Waals surface area contributed by atoms with Gasteiger partial charge in [0.2, 0.25) is 0 Å². The number of hydrogen-bond acceptors (Lipinski definition) is 4. The zero-order valence-corrected chi connectivity index (χ0v) is 9.18. The fraction of sp³-hybridized carbons (Fsp3) is 0.800. The van der Waals surface area contributed by atoms with Gasteiger partial charge in [-0.05, 0) is 6.92 Å². The summed E-state index contributed by atoms with van der Waals surface area (Å²) in [6, 6.07) is 0. The minimum absolute atomic E-state index is 0.122. The van der Waals surface area contributed by atoms with Gasteiger partial charge in [-0.2, -0.15) is 5.10 Å². The summed E-state index contributed by atoms with van der Waals surface area (Å²) in [4.78, 5) is 4.13. The highest BCUT2D eigenvalue weighted by Crippen LogP contribution is 2.27. The zero-order chi connectivity index (χ0) is 10.9. The molecule has 0 aliphatic carbocycles. The van der Waals surface area contributed by atoms with E-state index in [1.54, 1.807) is 4.68 Å². The summed E-state index contributed by atoms with van der Waals surface area (Å²) >= 11 is 0. The fourth-order valence-electron chi connectivity index (χ4n) is 2.08. The Morgan fingerprint density at radius 3 is 3.13 bits per heavy atom. The molecule has 5 heteroatoms. The van der Waals surface area contributed by atoms with E-state index in [0.29, 0.717) is 25.9 Å². The molecule has 0 spiro atoms. The summed E-state index contributed by atoms with van der Waals surface area (Å²) in [6.45, 7) is 2.61. The molecule has 0 saturated carbocycles. The normalized spacial score (nSPS) is 31.8. The van der Waals surface area contributed by atoms with Gasteiger partial charge in [-0.3, -0.25) is 4.68 Å². The molecule has 84 valence electrons. The molecule has 1 saturated heterocycles. The first-order valence-electron chi connectivity index (χ1n) is 5.26. The summed E-state index contributed by atoms with van der Waals surface area (Å²) in [5.74, 6) is 0.826. The lowest BCUT2D eigenvalue weighted by molar-refractivity contribution is -0.0972. The Hall–Kier alpha value is -0.940. The summed E-state index contributed by atoms with van der Waals surface area (Å²) in [6.07, 6.45) is 3.53. The zero-order valence-electron chi connectivity index (χ0n) is 9.18. The molecule has 0 bridgehead atoms. The van der Waals surface area contributed by atoms with Crippen LogP contribution in [0.25, 0.3) is 0 Å². The van der Waals surface area contributed by atoms with Crippen molar-refractivity contribution in [3.8, 4) is 0 Å². The van der Waals surface area contributed by atoms with E-state index in [1.165, 1.54) is 6.33 Å². The molecule has 2 heterocycles. The van der Waals surface area contributed by atoms with Gasteiger partial charge in [0.05, 0.1) is 11.7 Å². The first-order chi connectivity index (χ1) is 7.09. The third kappa shape index (κ3) is 2.35. The molecule has 2 unspecified atom stereocenters. The van der Waals surface area contributed by atoms with Crippen LogP contribution in [0, 0.1) is 0 Å². The molecule has 2 rings (SSSR count). The van der Waals surface area contributed by atoms with Crippen molar-refractivity contribution in [2.45, 2.75) is 37.9 Å². The third-order valence-electron chi connectivity index (χ3n) is 2.93. The van der Waals surface area contributed by atoms with Crippen LogP contribution < -0.4 is 0 Å². The molecule has 0 amide bonds. The van der Waals surface area contributed by atoms with E-state index in [4.69, 9.17) is 4.74 Å². The molecule has 1 aliphatic heterocycles. The van der Waals surface area contributed by atoms with Crippen LogP contribution in [0.1, 0.15) is 25.6 Å². The van der Waals surface area contributed by atoms with Crippen LogP contribution in [0.2, 0.25) is 0 Å². The molecule has 5 nitrogen and oxygen atoms in total. The van der Waals surface area contributed by atoms with Crippen molar-refractivity contribution in [3.05, 3.63) is 12.2 Å². The molecule has 1 aliphatic rings. The Morgan fingerprint density at radius 1 is 1.73 bits per heavy atom. The van der Waals surface area contributed by atoms with Gasteiger partial charge in [0.15, 0.2) is 0 Å². The van der Waals surface area contributed by atoms with Gasteiger partial charge >= 0.3 is 0 Å². The maximum atomic E-state index is 10.4. The minimum Gasteiger partial charge on any atom is -0.389 e. The van der Waals surface area contributed by atoms with Gasteiger partial charge < -0.3 is 9.84 Å². The van der Waals surface area contributed by atoms with Crippen LogP contribution in [-0.2, 0) is 18.2 Å². The largest absolute Gasteiger partial charge is 0.389 e. The molecular weight excluding hydrogens is 194 g/mol. The van der Waals surface area contributed by atoms with Crippen molar-refractivity contribution in [2.75, 3.05) is 6.61 Å². The predicted octanol–water partition coefficient (Wildman–Crippen LogP) is 0.288. The van der Waals surface area contributed by atoms with Crippen LogP contribution in [0.5, 0.6) is 0 Å². The van der Waals surface area contributed by atoms with Crippen LogP contribution >= 0.6 is 0 Å². The summed E-state index contributed by atoms with van der Waals surface area (Å²) in [7, 11) is 1.84. The first kappa shape index (κ1) is 10.6. The molecule has 2 atom stereocenters. The van der Waals surface area contributed by atoms with Crippen molar-refractivity contribution in [3.63, 3.8) is 0 Å². The molecule has 1 aromatic rings. The Bertz CT molecular complexity index is 339. The van der Waals surface area contributed by atoms with E-state index in [1.807, 2.05) is 14.0 Å². The molecular formula is C10H17N3O2.